The van der Waals surface area contributed by atoms with Gasteiger partial charge in [-0.3, -0.25) is 19.0 Å². The molecule has 4 aromatic rings. The van der Waals surface area contributed by atoms with Crippen LogP contribution >= 0.6 is 27.5 Å². The molecule has 0 aliphatic carbocycles. The molecule has 0 atom stereocenters. The fourth-order valence-corrected chi connectivity index (χ4v) is 3.86. The Hall–Kier alpha value is -3.57. The zero-order chi connectivity index (χ0) is 24.2. The molecule has 0 saturated heterocycles. The van der Waals surface area contributed by atoms with Gasteiger partial charge in [-0.2, -0.15) is 10.2 Å². The second kappa shape index (κ2) is 10.1. The van der Waals surface area contributed by atoms with Gasteiger partial charge < -0.3 is 19.8 Å². The number of hydrogen-bond donors (Lipinski definition) is 2. The molecule has 0 saturated carbocycles. The number of nitrogens with zero attached hydrogens (tertiary/aromatic N) is 4. The highest BCUT2D eigenvalue weighted by atomic mass is 79.9. The fourth-order valence-electron chi connectivity index (χ4n) is 3.13. The number of amides is 2. The molecule has 2 amide bonds. The van der Waals surface area contributed by atoms with Gasteiger partial charge in [0.05, 0.1) is 23.1 Å². The summed E-state index contributed by atoms with van der Waals surface area (Å²) in [6, 6.07) is 8.41. The number of rotatable bonds is 8. The summed E-state index contributed by atoms with van der Waals surface area (Å²) in [7, 11) is 3.41. The van der Waals surface area contributed by atoms with E-state index in [-0.39, 0.29) is 36.2 Å². The average Bonchev–Trinajstić information content (AvgIpc) is 3.52. The lowest BCUT2D eigenvalue weighted by atomic mass is 10.3. The number of carbonyl (C=O) groups excluding carboxylic acids is 2. The van der Waals surface area contributed by atoms with E-state index in [0.717, 1.165) is 10.0 Å². The maximum atomic E-state index is 12.7. The Bertz CT molecular complexity index is 1340. The maximum absolute atomic E-state index is 12.7. The molecule has 0 bridgehead atoms. The lowest BCUT2D eigenvalue weighted by Crippen LogP contribution is -2.26. The number of aromatic nitrogens is 4. The highest BCUT2D eigenvalue weighted by molar-refractivity contribution is 9.10. The van der Waals surface area contributed by atoms with Crippen LogP contribution in [0.15, 0.2) is 57.8 Å². The molecule has 3 aromatic heterocycles. The largest absolute Gasteiger partial charge is 0.484 e. The van der Waals surface area contributed by atoms with E-state index in [1.54, 1.807) is 55.4 Å². The van der Waals surface area contributed by atoms with Gasteiger partial charge in [0.15, 0.2) is 5.76 Å². The summed E-state index contributed by atoms with van der Waals surface area (Å²) in [6.45, 7) is 0.374. The molecule has 0 aliphatic heterocycles. The zero-order valence-corrected chi connectivity index (χ0v) is 20.6. The highest BCUT2D eigenvalue weighted by Gasteiger charge is 2.21. The van der Waals surface area contributed by atoms with Crippen LogP contribution in [0.4, 0.5) is 5.69 Å². The van der Waals surface area contributed by atoms with Crippen molar-refractivity contribution in [1.29, 1.82) is 0 Å². The van der Waals surface area contributed by atoms with Crippen molar-refractivity contribution < 1.29 is 18.7 Å². The van der Waals surface area contributed by atoms with Crippen molar-refractivity contribution in [3.05, 3.63) is 81.2 Å². The summed E-state index contributed by atoms with van der Waals surface area (Å²) >= 11 is 9.48. The van der Waals surface area contributed by atoms with E-state index in [0.29, 0.717) is 16.5 Å². The van der Waals surface area contributed by atoms with Crippen molar-refractivity contribution >= 4 is 45.0 Å². The molecule has 34 heavy (non-hydrogen) atoms. The van der Waals surface area contributed by atoms with E-state index in [4.69, 9.17) is 20.8 Å². The number of benzene rings is 1. The number of hydrogen-bond acceptors (Lipinski definition) is 6. The molecule has 0 spiro atoms. The first-order valence-corrected chi connectivity index (χ1v) is 11.2. The van der Waals surface area contributed by atoms with E-state index in [1.807, 2.05) is 0 Å². The van der Waals surface area contributed by atoms with Crippen LogP contribution in [0.3, 0.4) is 0 Å². The average molecular weight is 548 g/mol. The van der Waals surface area contributed by atoms with Gasteiger partial charge in [-0.05, 0) is 30.3 Å². The molecule has 0 aliphatic rings. The first kappa shape index (κ1) is 23.6. The van der Waals surface area contributed by atoms with E-state index >= 15 is 0 Å². The number of furan rings is 1. The lowest BCUT2D eigenvalue weighted by Gasteiger charge is -2.08. The summed E-state index contributed by atoms with van der Waals surface area (Å²) in [5, 5.41) is 14.1. The van der Waals surface area contributed by atoms with Gasteiger partial charge in [0.25, 0.3) is 11.8 Å². The highest BCUT2D eigenvalue weighted by Crippen LogP contribution is 2.28. The molecule has 3 heterocycles. The molecule has 10 nitrogen and oxygen atoms in total. The first-order valence-electron chi connectivity index (χ1n) is 10.1. The van der Waals surface area contributed by atoms with Crippen molar-refractivity contribution in [1.82, 2.24) is 24.9 Å². The maximum Gasteiger partial charge on any atom is 0.291 e. The minimum Gasteiger partial charge on any atom is -0.484 e. The molecular formula is C22H20BrClN6O4. The molecule has 4 rings (SSSR count). The van der Waals surface area contributed by atoms with Gasteiger partial charge in [0.2, 0.25) is 0 Å². The number of aryl methyl sites for hydroxylation is 2. The number of halogens is 2. The van der Waals surface area contributed by atoms with Crippen LogP contribution in [0.5, 0.6) is 5.75 Å². The van der Waals surface area contributed by atoms with Crippen molar-refractivity contribution in [2.24, 2.45) is 14.1 Å². The third kappa shape index (κ3) is 5.49. The monoisotopic (exact) mass is 546 g/mol. The summed E-state index contributed by atoms with van der Waals surface area (Å²) < 4.78 is 15.1. The van der Waals surface area contributed by atoms with Crippen LogP contribution in [-0.2, 0) is 27.2 Å². The van der Waals surface area contributed by atoms with Gasteiger partial charge in [-0.1, -0.05) is 27.5 Å². The number of carbonyl (C=O) groups is 2. The number of ether oxygens (including phenoxy) is 1. The minimum atomic E-state index is -0.526. The van der Waals surface area contributed by atoms with E-state index < -0.39 is 5.91 Å². The second-order valence-electron chi connectivity index (χ2n) is 7.32. The lowest BCUT2D eigenvalue weighted by molar-refractivity contribution is 0.0942. The van der Waals surface area contributed by atoms with Gasteiger partial charge in [0, 0.05) is 36.9 Å². The molecule has 176 valence electrons. The van der Waals surface area contributed by atoms with Crippen molar-refractivity contribution in [3.8, 4) is 5.75 Å². The summed E-state index contributed by atoms with van der Waals surface area (Å²) in [4.78, 5) is 25.4. The Balaban J connectivity index is 1.38. The normalized spacial score (nSPS) is 10.8. The quantitative estimate of drug-likeness (QED) is 0.345. The predicted octanol–water partition coefficient (Wildman–Crippen LogP) is 3.92. The Labute approximate surface area is 208 Å². The SMILES string of the molecule is Cn1cc(CNC(=O)c2c(NC(=O)c3ccc(COc4ccc(Br)cc4Cl)o3)cnn2C)cn1. The topological polar surface area (TPSA) is 116 Å². The molecule has 1 aromatic carbocycles. The van der Waals surface area contributed by atoms with Gasteiger partial charge in [-0.15, -0.1) is 0 Å². The third-order valence-corrected chi connectivity index (χ3v) is 5.55. The minimum absolute atomic E-state index is 0.0612. The predicted molar refractivity (Wildman–Crippen MR) is 128 cm³/mol. The summed E-state index contributed by atoms with van der Waals surface area (Å²) in [5.41, 5.74) is 1.31. The van der Waals surface area contributed by atoms with Gasteiger partial charge >= 0.3 is 0 Å². The van der Waals surface area contributed by atoms with E-state index in [9.17, 15) is 9.59 Å². The molecule has 0 radical (unpaired) electrons. The van der Waals surface area contributed by atoms with Crippen molar-refractivity contribution in [3.63, 3.8) is 0 Å². The van der Waals surface area contributed by atoms with Crippen LogP contribution in [0.2, 0.25) is 5.02 Å². The van der Waals surface area contributed by atoms with Crippen molar-refractivity contribution in [2.45, 2.75) is 13.2 Å². The Morgan fingerprint density at radius 1 is 1.15 bits per heavy atom. The summed E-state index contributed by atoms with van der Waals surface area (Å²) in [5.74, 6) is 0.0710. The third-order valence-electron chi connectivity index (χ3n) is 4.76. The second-order valence-corrected chi connectivity index (χ2v) is 8.64. The Morgan fingerprint density at radius 2 is 1.97 bits per heavy atom. The number of nitrogens with one attached hydrogen (secondary N) is 2. The molecule has 2 N–H and O–H groups in total. The van der Waals surface area contributed by atoms with Crippen LogP contribution in [0, 0.1) is 0 Å². The van der Waals surface area contributed by atoms with E-state index in [1.165, 1.54) is 16.9 Å². The fraction of sp³-hybridized carbons (Fsp3) is 0.182. The Morgan fingerprint density at radius 3 is 2.71 bits per heavy atom. The van der Waals surface area contributed by atoms with E-state index in [2.05, 4.69) is 36.8 Å². The van der Waals surface area contributed by atoms with Crippen LogP contribution in [0.25, 0.3) is 0 Å². The zero-order valence-electron chi connectivity index (χ0n) is 18.2. The molecule has 0 fully saturated rings. The first-order chi connectivity index (χ1) is 16.3. The number of anilines is 1. The Kier molecular flexibility index (Phi) is 7.03. The van der Waals surface area contributed by atoms with Gasteiger partial charge in [-0.25, -0.2) is 0 Å². The van der Waals surface area contributed by atoms with Crippen LogP contribution in [0.1, 0.15) is 32.4 Å². The van der Waals surface area contributed by atoms with Gasteiger partial charge in [0.1, 0.15) is 23.8 Å². The van der Waals surface area contributed by atoms with Crippen LogP contribution in [-0.4, -0.2) is 31.4 Å². The summed E-state index contributed by atoms with van der Waals surface area (Å²) in [6.07, 6.45) is 4.86. The molecule has 0 unspecified atom stereocenters. The smallest absolute Gasteiger partial charge is 0.291 e. The van der Waals surface area contributed by atoms with Crippen molar-refractivity contribution in [2.75, 3.05) is 5.32 Å². The van der Waals surface area contributed by atoms with Crippen LogP contribution < -0.4 is 15.4 Å². The molecule has 12 heteroatoms. The standard InChI is InChI=1S/C22H20BrClN6O4/c1-29-11-13(9-26-29)8-25-22(32)20-17(10-27-30(20)2)28-21(31)19-6-4-15(34-19)12-33-18-5-3-14(23)7-16(18)24/h3-7,9-11H,8,12H2,1-2H3,(H,25,32)(H,28,31). The molecular weight excluding hydrogens is 528 g/mol.